The Morgan fingerprint density at radius 1 is 1.05 bits per heavy atom. The van der Waals surface area contributed by atoms with Gasteiger partial charge in [0.1, 0.15) is 0 Å². The van der Waals surface area contributed by atoms with Gasteiger partial charge < -0.3 is 0 Å². The van der Waals surface area contributed by atoms with Crippen molar-refractivity contribution in [2.45, 2.75) is 98.0 Å². The second-order valence-electron chi connectivity index (χ2n) is 7.29. The second kappa shape index (κ2) is 9.99. The zero-order valence-electron chi connectivity index (χ0n) is 15.2. The van der Waals surface area contributed by atoms with Crippen LogP contribution >= 0.6 is 0 Å². The summed E-state index contributed by atoms with van der Waals surface area (Å²) in [5.41, 5.74) is -0.316. The number of hydrogen-bond acceptors (Lipinski definition) is 2. The van der Waals surface area contributed by atoms with E-state index in [0.717, 1.165) is 6.42 Å². The second-order valence-corrected chi connectivity index (χ2v) is 20.3. The molecular weight excluding hydrogens is 379 g/mol. The molecule has 0 aromatic heterocycles. The summed E-state index contributed by atoms with van der Waals surface area (Å²) >= 11 is -2.22. The van der Waals surface area contributed by atoms with Gasteiger partial charge in [-0.2, -0.15) is 0 Å². The van der Waals surface area contributed by atoms with Crippen molar-refractivity contribution >= 4 is 24.3 Å². The molecular formula is C19H36O2Sn. The molecule has 0 unspecified atom stereocenters. The number of carbonyl (C=O) groups excluding carboxylic acids is 1. The molecule has 128 valence electrons. The first-order chi connectivity index (χ1) is 10.5. The van der Waals surface area contributed by atoms with Crippen molar-refractivity contribution in [2.24, 2.45) is 0 Å². The van der Waals surface area contributed by atoms with Crippen LogP contribution in [0.2, 0.25) is 13.3 Å². The van der Waals surface area contributed by atoms with Gasteiger partial charge >= 0.3 is 142 Å². The molecule has 0 saturated carbocycles. The number of carbonyl (C=O) groups is 1. The summed E-state index contributed by atoms with van der Waals surface area (Å²) in [7, 11) is 0. The van der Waals surface area contributed by atoms with E-state index in [4.69, 9.17) is 4.74 Å². The fraction of sp³-hybridized carbons (Fsp3) is 0.842. The Bertz CT molecular complexity index is 343. The molecule has 3 heteroatoms. The minimum absolute atomic E-state index is 0.0244. The molecule has 1 aliphatic heterocycles. The summed E-state index contributed by atoms with van der Waals surface area (Å²) < 4.78 is 12.6. The van der Waals surface area contributed by atoms with E-state index < -0.39 is 18.4 Å². The molecule has 1 rings (SSSR count). The van der Waals surface area contributed by atoms with Crippen LogP contribution in [0.5, 0.6) is 0 Å². The average Bonchev–Trinajstić information content (AvgIpc) is 2.86. The van der Waals surface area contributed by atoms with Crippen molar-refractivity contribution in [3.63, 3.8) is 0 Å². The number of ether oxygens (including phenoxy) is 1. The molecule has 0 aromatic rings. The van der Waals surface area contributed by atoms with Gasteiger partial charge in [0.25, 0.3) is 0 Å². The molecule has 0 spiro atoms. The first kappa shape index (κ1) is 20.1. The third-order valence-corrected chi connectivity index (χ3v) is 19.1. The average molecular weight is 415 g/mol. The molecule has 0 radical (unpaired) electrons. The Morgan fingerprint density at radius 3 is 1.91 bits per heavy atom. The zero-order chi connectivity index (χ0) is 16.5. The summed E-state index contributed by atoms with van der Waals surface area (Å²) in [6.07, 6.45) is 11.8. The van der Waals surface area contributed by atoms with Crippen LogP contribution in [-0.2, 0) is 9.53 Å². The van der Waals surface area contributed by atoms with Crippen LogP contribution in [0.1, 0.15) is 79.1 Å². The monoisotopic (exact) mass is 416 g/mol. The molecule has 1 heterocycles. The Labute approximate surface area is 142 Å². The van der Waals surface area contributed by atoms with Crippen LogP contribution in [0, 0.1) is 0 Å². The predicted octanol–water partition coefficient (Wildman–Crippen LogP) is 6.03. The van der Waals surface area contributed by atoms with Crippen LogP contribution in [0.25, 0.3) is 0 Å². The van der Waals surface area contributed by atoms with Gasteiger partial charge in [0.15, 0.2) is 0 Å². The molecule has 1 fully saturated rings. The molecule has 1 atom stereocenters. The molecule has 22 heavy (non-hydrogen) atoms. The van der Waals surface area contributed by atoms with E-state index >= 15 is 0 Å². The number of unbranched alkanes of at least 4 members (excludes halogenated alkanes) is 3. The van der Waals surface area contributed by atoms with Gasteiger partial charge in [-0.3, -0.25) is 0 Å². The minimum atomic E-state index is -2.22. The van der Waals surface area contributed by atoms with E-state index in [1.54, 1.807) is 0 Å². The molecule has 1 aliphatic rings. The summed E-state index contributed by atoms with van der Waals surface area (Å²) in [6, 6.07) is 0. The van der Waals surface area contributed by atoms with E-state index in [-0.39, 0.29) is 11.6 Å². The quantitative estimate of drug-likeness (QED) is 0.305. The van der Waals surface area contributed by atoms with Crippen molar-refractivity contribution in [1.82, 2.24) is 0 Å². The normalized spacial score (nSPS) is 22.5. The standard InChI is InChI=1S/C7H9O2.3C4H9.Sn/c1-3-7(2)5-4-6(8)9-7;3*1-3-4-2;/h1,3H,4-5H2,2H3;3*1,3-4H2,2H3;/t7-;;;;/m1..../s1. The van der Waals surface area contributed by atoms with Crippen LogP contribution in [0.4, 0.5) is 0 Å². The third kappa shape index (κ3) is 6.64. The molecule has 1 saturated heterocycles. The van der Waals surface area contributed by atoms with Gasteiger partial charge in [0, 0.05) is 0 Å². The molecule has 2 nitrogen and oxygen atoms in total. The molecule has 0 N–H and O–H groups in total. The number of rotatable bonds is 11. The van der Waals surface area contributed by atoms with Crippen molar-refractivity contribution in [1.29, 1.82) is 0 Å². The molecule has 0 aliphatic carbocycles. The van der Waals surface area contributed by atoms with Crippen LogP contribution < -0.4 is 0 Å². The van der Waals surface area contributed by atoms with Crippen LogP contribution in [0.15, 0.2) is 10.2 Å². The third-order valence-electron chi connectivity index (χ3n) is 5.05. The summed E-state index contributed by atoms with van der Waals surface area (Å²) in [5, 5.41) is 0. The van der Waals surface area contributed by atoms with Gasteiger partial charge in [-0.25, -0.2) is 0 Å². The van der Waals surface area contributed by atoms with E-state index in [1.807, 2.05) is 0 Å². The maximum atomic E-state index is 11.5. The van der Waals surface area contributed by atoms with E-state index in [2.05, 4.69) is 37.9 Å². The fourth-order valence-electron chi connectivity index (χ4n) is 3.39. The van der Waals surface area contributed by atoms with Crippen LogP contribution in [-0.4, -0.2) is 29.9 Å². The van der Waals surface area contributed by atoms with E-state index in [0.29, 0.717) is 6.42 Å². The first-order valence-corrected chi connectivity index (χ1v) is 17.1. The Kier molecular flexibility index (Phi) is 9.11. The predicted molar refractivity (Wildman–Crippen MR) is 97.8 cm³/mol. The Balaban J connectivity index is 2.86. The van der Waals surface area contributed by atoms with Crippen molar-refractivity contribution in [2.75, 3.05) is 0 Å². The van der Waals surface area contributed by atoms with Crippen molar-refractivity contribution < 1.29 is 9.53 Å². The number of cyclic esters (lactones) is 1. The number of esters is 1. The first-order valence-electron chi connectivity index (χ1n) is 9.41. The molecule has 0 aromatic carbocycles. The maximum absolute atomic E-state index is 11.5. The van der Waals surface area contributed by atoms with Gasteiger partial charge in [0.05, 0.1) is 0 Å². The van der Waals surface area contributed by atoms with E-state index in [9.17, 15) is 4.79 Å². The Hall–Kier alpha value is 0.00870. The summed E-state index contributed by atoms with van der Waals surface area (Å²) in [5.74, 6) is -0.0244. The zero-order valence-corrected chi connectivity index (χ0v) is 18.1. The summed E-state index contributed by atoms with van der Waals surface area (Å²) in [4.78, 5) is 11.5. The van der Waals surface area contributed by atoms with Gasteiger partial charge in [-0.15, -0.1) is 0 Å². The van der Waals surface area contributed by atoms with Gasteiger partial charge in [0.2, 0.25) is 0 Å². The number of hydrogen-bond donors (Lipinski definition) is 0. The van der Waals surface area contributed by atoms with Crippen LogP contribution in [0.3, 0.4) is 0 Å². The summed E-state index contributed by atoms with van der Waals surface area (Å²) in [6.45, 7) is 9.00. The fourth-order valence-corrected chi connectivity index (χ4v) is 18.0. The SMILES string of the molecule is CCC[CH2][Sn](/[CH]=C/[C@]1(C)CCC(=O)O1)([CH2]CCC)[CH2]CCC. The topological polar surface area (TPSA) is 26.3 Å². The van der Waals surface area contributed by atoms with Crippen molar-refractivity contribution in [3.05, 3.63) is 10.2 Å². The van der Waals surface area contributed by atoms with Crippen molar-refractivity contribution in [3.8, 4) is 0 Å². The molecule has 0 amide bonds. The van der Waals surface area contributed by atoms with Gasteiger partial charge in [-0.05, 0) is 0 Å². The molecule has 0 bridgehead atoms. The van der Waals surface area contributed by atoms with E-state index in [1.165, 1.54) is 51.8 Å². The Morgan fingerprint density at radius 2 is 1.55 bits per heavy atom. The van der Waals surface area contributed by atoms with Gasteiger partial charge in [-0.1, -0.05) is 0 Å².